The van der Waals surface area contributed by atoms with E-state index in [-0.39, 0.29) is 22.3 Å². The number of halogens is 1. The highest BCUT2D eigenvalue weighted by Crippen LogP contribution is 2.59. The lowest BCUT2D eigenvalue weighted by Gasteiger charge is -2.58. The second kappa shape index (κ2) is 7.17. The molecular formula is C21H27BrN2O4S. The smallest absolute Gasteiger partial charge is 0.242 e. The van der Waals surface area contributed by atoms with Crippen molar-refractivity contribution < 1.29 is 18.0 Å². The molecule has 4 bridgehead atoms. The zero-order valence-electron chi connectivity index (χ0n) is 16.7. The van der Waals surface area contributed by atoms with Crippen molar-refractivity contribution >= 4 is 38.1 Å². The topological polar surface area (TPSA) is 92.3 Å². The molecule has 5 rings (SSSR count). The van der Waals surface area contributed by atoms with Gasteiger partial charge in [0.1, 0.15) is 11.8 Å². The van der Waals surface area contributed by atoms with Crippen molar-refractivity contribution in [3.63, 3.8) is 0 Å². The first-order chi connectivity index (χ1) is 13.6. The molecule has 29 heavy (non-hydrogen) atoms. The van der Waals surface area contributed by atoms with Crippen LogP contribution in [0.1, 0.15) is 46.0 Å². The molecular weight excluding hydrogens is 456 g/mol. The summed E-state index contributed by atoms with van der Waals surface area (Å²) in [6.45, 7) is 3.17. The Hall–Kier alpha value is -1.25. The van der Waals surface area contributed by atoms with Crippen molar-refractivity contribution in [1.82, 2.24) is 10.0 Å². The minimum Gasteiger partial charge on any atom is -0.351 e. The van der Waals surface area contributed by atoms with Crippen molar-refractivity contribution in [1.29, 1.82) is 0 Å². The molecule has 0 radical (unpaired) electrons. The Kier molecular flexibility index (Phi) is 5.19. The molecule has 1 aromatic carbocycles. The molecule has 0 saturated heterocycles. The Labute approximate surface area is 180 Å². The number of hydrogen-bond donors (Lipinski definition) is 2. The number of benzene rings is 1. The fourth-order valence-electron chi connectivity index (χ4n) is 5.90. The van der Waals surface area contributed by atoms with Crippen LogP contribution in [0.2, 0.25) is 0 Å². The number of rotatable bonds is 6. The molecule has 2 N–H and O–H groups in total. The molecule has 2 atom stereocenters. The van der Waals surface area contributed by atoms with Gasteiger partial charge in [0.25, 0.3) is 0 Å². The van der Waals surface area contributed by atoms with E-state index in [1.54, 1.807) is 32.0 Å². The lowest BCUT2D eigenvalue weighted by Crippen LogP contribution is -2.63. The van der Waals surface area contributed by atoms with E-state index in [0.29, 0.717) is 22.2 Å². The maximum absolute atomic E-state index is 13.1. The number of amides is 1. The molecule has 4 fully saturated rings. The predicted molar refractivity (Wildman–Crippen MR) is 113 cm³/mol. The predicted octanol–water partition coefficient (Wildman–Crippen LogP) is 3.02. The van der Waals surface area contributed by atoms with E-state index in [4.69, 9.17) is 0 Å². The molecule has 6 nitrogen and oxygen atoms in total. The maximum atomic E-state index is 13.1. The van der Waals surface area contributed by atoms with Gasteiger partial charge in [0.2, 0.25) is 15.9 Å². The molecule has 0 aliphatic heterocycles. The zero-order chi connectivity index (χ0) is 21.0. The van der Waals surface area contributed by atoms with E-state index >= 15 is 0 Å². The van der Waals surface area contributed by atoms with E-state index < -0.39 is 15.6 Å². The van der Waals surface area contributed by atoms with Gasteiger partial charge in [0, 0.05) is 15.9 Å². The Morgan fingerprint density at radius 2 is 1.79 bits per heavy atom. The lowest BCUT2D eigenvalue weighted by molar-refractivity contribution is -0.139. The van der Waals surface area contributed by atoms with Crippen molar-refractivity contribution in [2.45, 2.75) is 62.4 Å². The molecule has 4 aliphatic carbocycles. The molecule has 0 spiro atoms. The second-order valence-electron chi connectivity index (χ2n) is 9.61. The Bertz CT molecular complexity index is 930. The summed E-state index contributed by atoms with van der Waals surface area (Å²) >= 11 is 3.26. The van der Waals surface area contributed by atoms with Gasteiger partial charge in [-0.25, -0.2) is 8.42 Å². The average molecular weight is 483 g/mol. The van der Waals surface area contributed by atoms with E-state index in [1.807, 2.05) is 0 Å². The van der Waals surface area contributed by atoms with Crippen LogP contribution in [0.5, 0.6) is 0 Å². The molecule has 1 aromatic rings. The molecule has 8 heteroatoms. The highest BCUT2D eigenvalue weighted by molar-refractivity contribution is 9.10. The van der Waals surface area contributed by atoms with Crippen LogP contribution in [0.25, 0.3) is 0 Å². The Morgan fingerprint density at radius 3 is 2.38 bits per heavy atom. The molecule has 0 heterocycles. The molecule has 2 unspecified atom stereocenters. The molecule has 4 saturated carbocycles. The van der Waals surface area contributed by atoms with E-state index in [0.717, 1.165) is 38.4 Å². The van der Waals surface area contributed by atoms with Crippen LogP contribution < -0.4 is 10.0 Å². The fraction of sp³-hybridized carbons (Fsp3) is 0.619. The third kappa shape index (κ3) is 3.79. The highest BCUT2D eigenvalue weighted by Gasteiger charge is 2.56. The fourth-order valence-corrected chi connectivity index (χ4v) is 8.28. The number of aldehydes is 1. The number of nitrogens with one attached hydrogen (secondary N) is 2. The first kappa shape index (κ1) is 21.0. The van der Waals surface area contributed by atoms with Crippen LogP contribution >= 0.6 is 15.9 Å². The summed E-state index contributed by atoms with van der Waals surface area (Å²) in [6, 6.07) is 6.54. The van der Waals surface area contributed by atoms with Gasteiger partial charge in [-0.3, -0.25) is 4.79 Å². The summed E-state index contributed by atoms with van der Waals surface area (Å²) in [4.78, 5) is 24.9. The van der Waals surface area contributed by atoms with Crippen LogP contribution in [-0.4, -0.2) is 32.2 Å². The SMILES string of the molecule is CC(C)(NS(=O)(=O)c1ccccc1Br)C(=O)NC1C2CC3CC1CC(C=O)(C3)C2. The molecule has 0 aromatic heterocycles. The average Bonchev–Trinajstić information content (AvgIpc) is 2.63. The molecule has 4 aliphatic rings. The standard InChI is InChI=1S/C21H27BrN2O4S/c1-20(2,24-29(27,28)17-6-4-3-5-16(17)22)19(26)23-18-14-7-13-8-15(18)11-21(9-13,10-14)12-25/h3-6,12-15,18,24H,7-11H2,1-2H3,(H,23,26). The summed E-state index contributed by atoms with van der Waals surface area (Å²) in [5.74, 6) is 0.843. The number of carbonyl (C=O) groups excluding carboxylic acids is 2. The quantitative estimate of drug-likeness (QED) is 0.609. The first-order valence-corrected chi connectivity index (χ1v) is 12.4. The van der Waals surface area contributed by atoms with Crippen LogP contribution in [-0.2, 0) is 19.6 Å². The summed E-state index contributed by atoms with van der Waals surface area (Å²) in [5.41, 5.74) is -1.50. The third-order valence-electron chi connectivity index (χ3n) is 6.95. The number of sulfonamides is 1. The maximum Gasteiger partial charge on any atom is 0.242 e. The van der Waals surface area contributed by atoms with Crippen molar-refractivity contribution in [2.75, 3.05) is 0 Å². The van der Waals surface area contributed by atoms with Crippen LogP contribution in [0.4, 0.5) is 0 Å². The summed E-state index contributed by atoms with van der Waals surface area (Å²) < 4.78 is 28.7. The van der Waals surface area contributed by atoms with Crippen molar-refractivity contribution in [3.05, 3.63) is 28.7 Å². The normalized spacial score (nSPS) is 33.5. The van der Waals surface area contributed by atoms with Gasteiger partial charge in [-0.2, -0.15) is 4.72 Å². The van der Waals surface area contributed by atoms with Crippen molar-refractivity contribution in [2.24, 2.45) is 23.2 Å². The van der Waals surface area contributed by atoms with Gasteiger partial charge >= 0.3 is 0 Å². The van der Waals surface area contributed by atoms with Crippen LogP contribution in [0.15, 0.2) is 33.6 Å². The largest absolute Gasteiger partial charge is 0.351 e. The summed E-state index contributed by atoms with van der Waals surface area (Å²) in [7, 11) is -3.87. The molecule has 1 amide bonds. The van der Waals surface area contributed by atoms with Gasteiger partial charge in [-0.15, -0.1) is 0 Å². The second-order valence-corrected chi connectivity index (χ2v) is 12.1. The van der Waals surface area contributed by atoms with Gasteiger partial charge in [-0.05, 0) is 91.8 Å². The number of hydrogen-bond acceptors (Lipinski definition) is 4. The Balaban J connectivity index is 1.48. The van der Waals surface area contributed by atoms with Gasteiger partial charge in [0.15, 0.2) is 0 Å². The summed E-state index contributed by atoms with van der Waals surface area (Å²) in [6.07, 6.45) is 5.88. The lowest BCUT2D eigenvalue weighted by atomic mass is 9.48. The monoisotopic (exact) mass is 482 g/mol. The zero-order valence-corrected chi connectivity index (χ0v) is 19.1. The Morgan fingerprint density at radius 1 is 1.17 bits per heavy atom. The van der Waals surface area contributed by atoms with Crippen molar-refractivity contribution in [3.8, 4) is 0 Å². The van der Waals surface area contributed by atoms with E-state index in [9.17, 15) is 18.0 Å². The van der Waals surface area contributed by atoms with E-state index in [1.165, 1.54) is 6.07 Å². The minimum absolute atomic E-state index is 0.0133. The van der Waals surface area contributed by atoms with E-state index in [2.05, 4.69) is 26.0 Å². The number of carbonyl (C=O) groups is 2. The van der Waals surface area contributed by atoms with Crippen LogP contribution in [0, 0.1) is 23.2 Å². The third-order valence-corrected chi connectivity index (χ3v) is 9.62. The first-order valence-electron chi connectivity index (χ1n) is 10.1. The van der Waals surface area contributed by atoms with Gasteiger partial charge < -0.3 is 10.1 Å². The van der Waals surface area contributed by atoms with Gasteiger partial charge in [-0.1, -0.05) is 12.1 Å². The minimum atomic E-state index is -3.87. The molecule has 158 valence electrons. The highest BCUT2D eigenvalue weighted by atomic mass is 79.9. The summed E-state index contributed by atoms with van der Waals surface area (Å²) in [5, 5.41) is 3.14. The van der Waals surface area contributed by atoms with Crippen LogP contribution in [0.3, 0.4) is 0 Å². The van der Waals surface area contributed by atoms with Gasteiger partial charge in [0.05, 0.1) is 4.90 Å².